The van der Waals surface area contributed by atoms with Gasteiger partial charge in [-0.25, -0.2) is 4.79 Å². The van der Waals surface area contributed by atoms with Gasteiger partial charge in [0.15, 0.2) is 0 Å². The van der Waals surface area contributed by atoms with Crippen LogP contribution >= 0.6 is 0 Å². The third kappa shape index (κ3) is 2.07. The molecular weight excluding hydrogens is 192 g/mol. The lowest BCUT2D eigenvalue weighted by Crippen LogP contribution is -2.41. The monoisotopic (exact) mass is 212 g/mol. The molecule has 0 saturated heterocycles. The molecule has 1 aliphatic heterocycles. The second-order valence-corrected chi connectivity index (χ2v) is 6.14. The van der Waals surface area contributed by atoms with Gasteiger partial charge in [-0.05, 0) is 11.5 Å². The number of cyclic esters (lactones) is 1. The molecule has 0 radical (unpaired) electrons. The van der Waals surface area contributed by atoms with E-state index in [9.17, 15) is 9.90 Å². The van der Waals surface area contributed by atoms with Crippen molar-refractivity contribution >= 4 is 5.97 Å². The lowest BCUT2D eigenvalue weighted by atomic mass is 9.81. The van der Waals surface area contributed by atoms with Crippen LogP contribution in [-0.4, -0.2) is 16.9 Å². The van der Waals surface area contributed by atoms with E-state index in [0.717, 1.165) is 0 Å². The summed E-state index contributed by atoms with van der Waals surface area (Å²) in [7, 11) is 0. The number of esters is 1. The second-order valence-electron chi connectivity index (χ2n) is 6.14. The first-order valence-electron chi connectivity index (χ1n) is 5.16. The van der Waals surface area contributed by atoms with E-state index in [-0.39, 0.29) is 5.41 Å². The van der Waals surface area contributed by atoms with Crippen molar-refractivity contribution in [1.82, 2.24) is 0 Å². The molecule has 1 heterocycles. The summed E-state index contributed by atoms with van der Waals surface area (Å²) in [4.78, 5) is 11.6. The average Bonchev–Trinajstić information content (AvgIpc) is 2.24. The van der Waals surface area contributed by atoms with Crippen LogP contribution in [-0.2, 0) is 9.53 Å². The Bertz CT molecular complexity index is 315. The van der Waals surface area contributed by atoms with E-state index in [0.29, 0.717) is 5.57 Å². The summed E-state index contributed by atoms with van der Waals surface area (Å²) in [6, 6.07) is 0. The van der Waals surface area contributed by atoms with Crippen LogP contribution in [0.2, 0.25) is 0 Å². The van der Waals surface area contributed by atoms with Crippen molar-refractivity contribution in [2.45, 2.75) is 47.3 Å². The number of aliphatic hydroxyl groups is 1. The highest BCUT2D eigenvalue weighted by Gasteiger charge is 2.49. The summed E-state index contributed by atoms with van der Waals surface area (Å²) < 4.78 is 5.08. The molecule has 3 heteroatoms. The summed E-state index contributed by atoms with van der Waals surface area (Å²) in [5, 5.41) is 10.2. The maximum absolute atomic E-state index is 11.6. The summed E-state index contributed by atoms with van der Waals surface area (Å²) >= 11 is 0. The molecule has 1 aliphatic rings. The minimum absolute atomic E-state index is 0.299. The molecule has 1 rings (SSSR count). The van der Waals surface area contributed by atoms with Gasteiger partial charge in [0.2, 0.25) is 5.79 Å². The fourth-order valence-electron chi connectivity index (χ4n) is 1.37. The molecule has 1 unspecified atom stereocenters. The number of hydrogen-bond acceptors (Lipinski definition) is 3. The topological polar surface area (TPSA) is 46.5 Å². The Balaban J connectivity index is 3.15. The molecule has 0 saturated carbocycles. The number of carbonyl (C=O) groups excluding carboxylic acids is 1. The van der Waals surface area contributed by atoms with Gasteiger partial charge in [0, 0.05) is 11.0 Å². The fraction of sp³-hybridized carbons (Fsp3) is 0.750. The summed E-state index contributed by atoms with van der Waals surface area (Å²) in [5.41, 5.74) is -0.275. The largest absolute Gasteiger partial charge is 0.425 e. The lowest BCUT2D eigenvalue weighted by Gasteiger charge is -2.33. The third-order valence-corrected chi connectivity index (χ3v) is 2.69. The van der Waals surface area contributed by atoms with Crippen LogP contribution < -0.4 is 0 Å². The summed E-state index contributed by atoms with van der Waals surface area (Å²) in [6.45, 7) is 11.3. The highest BCUT2D eigenvalue weighted by Crippen LogP contribution is 2.42. The van der Waals surface area contributed by atoms with Gasteiger partial charge in [-0.3, -0.25) is 0 Å². The first-order valence-corrected chi connectivity index (χ1v) is 5.16. The zero-order valence-electron chi connectivity index (χ0n) is 10.3. The molecule has 0 aliphatic carbocycles. The van der Waals surface area contributed by atoms with Crippen molar-refractivity contribution < 1.29 is 14.6 Å². The average molecular weight is 212 g/mol. The van der Waals surface area contributed by atoms with Crippen molar-refractivity contribution in [3.05, 3.63) is 11.6 Å². The van der Waals surface area contributed by atoms with E-state index in [4.69, 9.17) is 4.74 Å². The predicted octanol–water partition coefficient (Wildman–Crippen LogP) is 2.25. The molecule has 0 aromatic carbocycles. The first kappa shape index (κ1) is 12.2. The molecule has 3 nitrogen and oxygen atoms in total. The molecule has 1 N–H and O–H groups in total. The molecule has 15 heavy (non-hydrogen) atoms. The van der Waals surface area contributed by atoms with E-state index >= 15 is 0 Å². The summed E-state index contributed by atoms with van der Waals surface area (Å²) in [6.07, 6.45) is 1.55. The number of hydrogen-bond donors (Lipinski definition) is 1. The van der Waals surface area contributed by atoms with Gasteiger partial charge in [0.1, 0.15) is 0 Å². The van der Waals surface area contributed by atoms with E-state index in [1.807, 2.05) is 41.5 Å². The van der Waals surface area contributed by atoms with Crippen molar-refractivity contribution in [3.63, 3.8) is 0 Å². The van der Waals surface area contributed by atoms with Crippen LogP contribution in [0, 0.1) is 10.8 Å². The Labute approximate surface area is 91.1 Å². The molecule has 86 valence electrons. The van der Waals surface area contributed by atoms with Gasteiger partial charge in [-0.1, -0.05) is 41.5 Å². The normalized spacial score (nSPS) is 27.7. The minimum atomic E-state index is -1.48. The predicted molar refractivity (Wildman–Crippen MR) is 58.0 cm³/mol. The Morgan fingerprint density at radius 3 is 1.87 bits per heavy atom. The highest BCUT2D eigenvalue weighted by molar-refractivity contribution is 5.92. The zero-order chi connectivity index (χ0) is 12.1. The van der Waals surface area contributed by atoms with Gasteiger partial charge in [-0.2, -0.15) is 0 Å². The van der Waals surface area contributed by atoms with Crippen molar-refractivity contribution in [2.24, 2.45) is 10.8 Å². The van der Waals surface area contributed by atoms with E-state index in [1.54, 1.807) is 6.08 Å². The lowest BCUT2D eigenvalue weighted by molar-refractivity contribution is -0.212. The molecule has 0 aromatic rings. The van der Waals surface area contributed by atoms with Crippen molar-refractivity contribution in [2.75, 3.05) is 0 Å². The SMILES string of the molecule is CC(C)(C)C1=CC(O)(C(C)(C)C)OC1=O. The maximum atomic E-state index is 11.6. The highest BCUT2D eigenvalue weighted by atomic mass is 16.7. The van der Waals surface area contributed by atoms with Gasteiger partial charge in [0.25, 0.3) is 0 Å². The van der Waals surface area contributed by atoms with Gasteiger partial charge >= 0.3 is 5.97 Å². The molecule has 0 amide bonds. The Morgan fingerprint density at radius 2 is 1.67 bits per heavy atom. The van der Waals surface area contributed by atoms with E-state index in [2.05, 4.69) is 0 Å². The second kappa shape index (κ2) is 3.08. The molecule has 0 aromatic heterocycles. The Kier molecular flexibility index (Phi) is 2.51. The third-order valence-electron chi connectivity index (χ3n) is 2.69. The molecular formula is C12H20O3. The van der Waals surface area contributed by atoms with E-state index in [1.165, 1.54) is 0 Å². The van der Waals surface area contributed by atoms with Crippen LogP contribution in [0.1, 0.15) is 41.5 Å². The maximum Gasteiger partial charge on any atom is 0.337 e. The van der Waals surface area contributed by atoms with Crippen LogP contribution in [0.25, 0.3) is 0 Å². The van der Waals surface area contributed by atoms with Crippen molar-refractivity contribution in [1.29, 1.82) is 0 Å². The van der Waals surface area contributed by atoms with Crippen LogP contribution in [0.5, 0.6) is 0 Å². The number of ether oxygens (including phenoxy) is 1. The Hall–Kier alpha value is -0.830. The molecule has 1 atom stereocenters. The number of carbonyl (C=O) groups is 1. The smallest absolute Gasteiger partial charge is 0.337 e. The molecule has 0 spiro atoms. The fourth-order valence-corrected chi connectivity index (χ4v) is 1.37. The van der Waals surface area contributed by atoms with Crippen LogP contribution in [0.15, 0.2) is 11.6 Å². The van der Waals surface area contributed by atoms with Crippen LogP contribution in [0.3, 0.4) is 0 Å². The molecule has 0 fully saturated rings. The minimum Gasteiger partial charge on any atom is -0.425 e. The van der Waals surface area contributed by atoms with Crippen LogP contribution in [0.4, 0.5) is 0 Å². The first-order chi connectivity index (χ1) is 6.47. The standard InChI is InChI=1S/C12H20O3/c1-10(2,3)8-7-12(14,11(4,5)6)15-9(8)13/h7,14H,1-6H3. The van der Waals surface area contributed by atoms with Gasteiger partial charge in [0.05, 0.1) is 0 Å². The Morgan fingerprint density at radius 1 is 1.20 bits per heavy atom. The quantitative estimate of drug-likeness (QED) is 0.626. The number of rotatable bonds is 0. The van der Waals surface area contributed by atoms with Gasteiger partial charge < -0.3 is 9.84 Å². The van der Waals surface area contributed by atoms with Crippen molar-refractivity contribution in [3.8, 4) is 0 Å². The zero-order valence-corrected chi connectivity index (χ0v) is 10.3. The molecule has 0 bridgehead atoms. The summed E-state index contributed by atoms with van der Waals surface area (Å²) in [5.74, 6) is -1.90. The van der Waals surface area contributed by atoms with E-state index < -0.39 is 17.2 Å². The van der Waals surface area contributed by atoms with Gasteiger partial charge in [-0.15, -0.1) is 0 Å².